The van der Waals surface area contributed by atoms with Crippen LogP contribution >= 0.6 is 0 Å². The predicted octanol–water partition coefficient (Wildman–Crippen LogP) is 2.14. The Morgan fingerprint density at radius 3 is 2.71 bits per heavy atom. The highest BCUT2D eigenvalue weighted by atomic mass is 16.2. The van der Waals surface area contributed by atoms with E-state index in [9.17, 15) is 4.79 Å². The summed E-state index contributed by atoms with van der Waals surface area (Å²) in [4.78, 5) is 18.4. The molecule has 1 N–H and O–H groups in total. The maximum absolute atomic E-state index is 12.1. The summed E-state index contributed by atoms with van der Waals surface area (Å²) in [5.41, 5.74) is 0.539. The van der Waals surface area contributed by atoms with E-state index < -0.39 is 0 Å². The van der Waals surface area contributed by atoms with Crippen molar-refractivity contribution in [2.45, 2.75) is 32.7 Å². The summed E-state index contributed by atoms with van der Waals surface area (Å²) in [6.07, 6.45) is 2.21. The number of anilines is 1. The standard InChI is InChI=1S/C13H19N3O/c1-10(2)14-12-7-5-6-11(15-12)13(17)16-8-3-4-9-16/h5-7,10H,3-4,8-9H2,1-2H3,(H,14,15). The van der Waals surface area contributed by atoms with Gasteiger partial charge in [-0.1, -0.05) is 6.07 Å². The van der Waals surface area contributed by atoms with E-state index in [4.69, 9.17) is 0 Å². The summed E-state index contributed by atoms with van der Waals surface area (Å²) in [6.45, 7) is 5.83. The van der Waals surface area contributed by atoms with Crippen molar-refractivity contribution in [1.29, 1.82) is 0 Å². The van der Waals surface area contributed by atoms with Crippen LogP contribution in [-0.4, -0.2) is 34.9 Å². The van der Waals surface area contributed by atoms with Crippen LogP contribution in [0.2, 0.25) is 0 Å². The van der Waals surface area contributed by atoms with Gasteiger partial charge >= 0.3 is 0 Å². The monoisotopic (exact) mass is 233 g/mol. The van der Waals surface area contributed by atoms with Gasteiger partial charge in [-0.3, -0.25) is 4.79 Å². The lowest BCUT2D eigenvalue weighted by molar-refractivity contribution is 0.0787. The molecule has 0 aromatic carbocycles. The number of rotatable bonds is 3. The van der Waals surface area contributed by atoms with Crippen LogP contribution in [0.3, 0.4) is 0 Å². The van der Waals surface area contributed by atoms with Gasteiger partial charge < -0.3 is 10.2 Å². The highest BCUT2D eigenvalue weighted by Gasteiger charge is 2.20. The van der Waals surface area contributed by atoms with Crippen molar-refractivity contribution in [2.75, 3.05) is 18.4 Å². The lowest BCUT2D eigenvalue weighted by Gasteiger charge is -2.15. The van der Waals surface area contributed by atoms with Gasteiger partial charge in [0.1, 0.15) is 11.5 Å². The van der Waals surface area contributed by atoms with Gasteiger partial charge in [-0.05, 0) is 38.8 Å². The second-order valence-electron chi connectivity index (χ2n) is 4.71. The Morgan fingerprint density at radius 2 is 2.06 bits per heavy atom. The highest BCUT2D eigenvalue weighted by Crippen LogP contribution is 2.13. The van der Waals surface area contributed by atoms with Crippen LogP contribution in [-0.2, 0) is 0 Å². The quantitative estimate of drug-likeness (QED) is 0.870. The van der Waals surface area contributed by atoms with Crippen molar-refractivity contribution >= 4 is 11.7 Å². The molecule has 0 atom stereocenters. The van der Waals surface area contributed by atoms with Gasteiger partial charge in [0, 0.05) is 19.1 Å². The third-order valence-electron chi connectivity index (χ3n) is 2.80. The molecule has 1 fully saturated rings. The Morgan fingerprint density at radius 1 is 1.35 bits per heavy atom. The number of amides is 1. The number of carbonyl (C=O) groups excluding carboxylic acids is 1. The van der Waals surface area contributed by atoms with Crippen LogP contribution in [0.4, 0.5) is 5.82 Å². The van der Waals surface area contributed by atoms with Gasteiger partial charge in [-0.15, -0.1) is 0 Å². The molecule has 0 spiro atoms. The molecule has 0 bridgehead atoms. The molecule has 2 rings (SSSR count). The SMILES string of the molecule is CC(C)Nc1cccc(C(=O)N2CCCC2)n1. The second-order valence-corrected chi connectivity index (χ2v) is 4.71. The normalized spacial score (nSPS) is 15.4. The van der Waals surface area contributed by atoms with E-state index >= 15 is 0 Å². The molecule has 0 radical (unpaired) electrons. The van der Waals surface area contributed by atoms with Crippen molar-refractivity contribution in [3.05, 3.63) is 23.9 Å². The molecule has 1 aliphatic heterocycles. The molecule has 1 aliphatic rings. The Kier molecular flexibility index (Phi) is 3.61. The fraction of sp³-hybridized carbons (Fsp3) is 0.538. The first-order valence-electron chi connectivity index (χ1n) is 6.19. The minimum atomic E-state index is 0.0508. The summed E-state index contributed by atoms with van der Waals surface area (Å²) < 4.78 is 0. The molecule has 1 aromatic rings. The summed E-state index contributed by atoms with van der Waals surface area (Å²) >= 11 is 0. The van der Waals surface area contributed by atoms with Crippen LogP contribution in [0.5, 0.6) is 0 Å². The molecular weight excluding hydrogens is 214 g/mol. The number of pyridine rings is 1. The molecule has 0 aliphatic carbocycles. The van der Waals surface area contributed by atoms with Crippen LogP contribution in [0.1, 0.15) is 37.2 Å². The van der Waals surface area contributed by atoms with Crippen LogP contribution in [0.15, 0.2) is 18.2 Å². The molecule has 92 valence electrons. The first-order valence-corrected chi connectivity index (χ1v) is 6.19. The minimum absolute atomic E-state index is 0.0508. The van der Waals surface area contributed by atoms with Gasteiger partial charge in [0.15, 0.2) is 0 Å². The van der Waals surface area contributed by atoms with Gasteiger partial charge in [0.2, 0.25) is 0 Å². The van der Waals surface area contributed by atoms with Crippen molar-refractivity contribution in [1.82, 2.24) is 9.88 Å². The molecule has 2 heterocycles. The molecule has 0 unspecified atom stereocenters. The third kappa shape index (κ3) is 2.96. The Labute approximate surface area is 102 Å². The maximum Gasteiger partial charge on any atom is 0.272 e. The molecule has 4 nitrogen and oxygen atoms in total. The van der Waals surface area contributed by atoms with Crippen molar-refractivity contribution in [3.8, 4) is 0 Å². The molecule has 1 aromatic heterocycles. The summed E-state index contributed by atoms with van der Waals surface area (Å²) in [5.74, 6) is 0.819. The molecule has 17 heavy (non-hydrogen) atoms. The first kappa shape index (κ1) is 11.9. The Hall–Kier alpha value is -1.58. The van der Waals surface area contributed by atoms with Crippen LogP contribution < -0.4 is 5.32 Å². The zero-order valence-corrected chi connectivity index (χ0v) is 10.4. The molecule has 4 heteroatoms. The fourth-order valence-corrected chi connectivity index (χ4v) is 2.01. The highest BCUT2D eigenvalue weighted by molar-refractivity contribution is 5.92. The van der Waals surface area contributed by atoms with E-state index in [1.165, 1.54) is 0 Å². The number of aromatic nitrogens is 1. The maximum atomic E-state index is 12.1. The van der Waals surface area contributed by atoms with E-state index in [0.29, 0.717) is 11.7 Å². The zero-order valence-electron chi connectivity index (χ0n) is 10.4. The topological polar surface area (TPSA) is 45.2 Å². The number of carbonyl (C=O) groups is 1. The lowest BCUT2D eigenvalue weighted by atomic mass is 10.3. The van der Waals surface area contributed by atoms with E-state index in [1.54, 1.807) is 6.07 Å². The fourth-order valence-electron chi connectivity index (χ4n) is 2.01. The number of hydrogen-bond acceptors (Lipinski definition) is 3. The number of nitrogens with one attached hydrogen (secondary N) is 1. The summed E-state index contributed by atoms with van der Waals surface area (Å²) in [6, 6.07) is 5.87. The lowest BCUT2D eigenvalue weighted by Crippen LogP contribution is -2.28. The smallest absolute Gasteiger partial charge is 0.272 e. The van der Waals surface area contributed by atoms with E-state index in [0.717, 1.165) is 31.7 Å². The summed E-state index contributed by atoms with van der Waals surface area (Å²) in [7, 11) is 0. The van der Waals surface area contributed by atoms with Gasteiger partial charge in [0.05, 0.1) is 0 Å². The second kappa shape index (κ2) is 5.17. The Bertz CT molecular complexity index is 397. The van der Waals surface area contributed by atoms with Crippen LogP contribution in [0.25, 0.3) is 0 Å². The number of nitrogens with zero attached hydrogens (tertiary/aromatic N) is 2. The van der Waals surface area contributed by atoms with E-state index in [-0.39, 0.29) is 5.91 Å². The molecule has 1 saturated heterocycles. The van der Waals surface area contributed by atoms with E-state index in [2.05, 4.69) is 24.1 Å². The van der Waals surface area contributed by atoms with Crippen molar-refractivity contribution < 1.29 is 4.79 Å². The predicted molar refractivity (Wildman–Crippen MR) is 68.1 cm³/mol. The van der Waals surface area contributed by atoms with Crippen molar-refractivity contribution in [2.24, 2.45) is 0 Å². The third-order valence-corrected chi connectivity index (χ3v) is 2.80. The van der Waals surface area contributed by atoms with Gasteiger partial charge in [-0.25, -0.2) is 4.98 Å². The largest absolute Gasteiger partial charge is 0.368 e. The minimum Gasteiger partial charge on any atom is -0.368 e. The molecule has 1 amide bonds. The number of hydrogen-bond donors (Lipinski definition) is 1. The zero-order chi connectivity index (χ0) is 12.3. The Balaban J connectivity index is 2.12. The van der Waals surface area contributed by atoms with Crippen molar-refractivity contribution in [3.63, 3.8) is 0 Å². The summed E-state index contributed by atoms with van der Waals surface area (Å²) in [5, 5.41) is 3.21. The van der Waals surface area contributed by atoms with Gasteiger partial charge in [0.25, 0.3) is 5.91 Å². The average molecular weight is 233 g/mol. The molecule has 0 saturated carbocycles. The molecular formula is C13H19N3O. The number of likely N-dealkylation sites (tertiary alicyclic amines) is 1. The first-order chi connectivity index (χ1) is 8.16. The van der Waals surface area contributed by atoms with E-state index in [1.807, 2.05) is 17.0 Å². The van der Waals surface area contributed by atoms with Crippen LogP contribution in [0, 0.1) is 0 Å². The average Bonchev–Trinajstić information content (AvgIpc) is 2.81. The van der Waals surface area contributed by atoms with Gasteiger partial charge in [-0.2, -0.15) is 0 Å².